The summed E-state index contributed by atoms with van der Waals surface area (Å²) in [5.41, 5.74) is 12.2. The van der Waals surface area contributed by atoms with Gasteiger partial charge in [-0.05, 0) is 39.3 Å². The summed E-state index contributed by atoms with van der Waals surface area (Å²) in [5, 5.41) is 17.4. The molecule has 0 saturated heterocycles. The summed E-state index contributed by atoms with van der Waals surface area (Å²) in [5.74, 6) is 0.695. The van der Waals surface area contributed by atoms with Crippen molar-refractivity contribution in [3.8, 4) is 29.0 Å². The van der Waals surface area contributed by atoms with Crippen molar-refractivity contribution in [1.82, 2.24) is 10.2 Å². The second-order valence-electron chi connectivity index (χ2n) is 7.77. The smallest absolute Gasteiger partial charge is 0.244 e. The predicted molar refractivity (Wildman–Crippen MR) is 115 cm³/mol. The summed E-state index contributed by atoms with van der Waals surface area (Å²) in [6.07, 6.45) is -0.0134. The van der Waals surface area contributed by atoms with Crippen LogP contribution in [0.2, 0.25) is 0 Å². The van der Waals surface area contributed by atoms with E-state index in [1.165, 1.54) is 5.56 Å². The first-order valence-electron chi connectivity index (χ1n) is 9.89. The van der Waals surface area contributed by atoms with E-state index >= 15 is 0 Å². The normalized spacial score (nSPS) is 15.5. The predicted octanol–water partition coefficient (Wildman–Crippen LogP) is 4.70. The van der Waals surface area contributed by atoms with Crippen molar-refractivity contribution in [3.63, 3.8) is 0 Å². The number of nitrogens with one attached hydrogen (secondary N) is 1. The molecule has 4 rings (SSSR count). The number of nitriles is 1. The third-order valence-corrected chi connectivity index (χ3v) is 5.18. The number of hydrogen-bond acceptors (Lipinski definition) is 5. The van der Waals surface area contributed by atoms with Gasteiger partial charge in [0.05, 0.1) is 23.3 Å². The summed E-state index contributed by atoms with van der Waals surface area (Å²) in [4.78, 5) is 0. The molecule has 0 spiro atoms. The maximum absolute atomic E-state index is 9.94. The van der Waals surface area contributed by atoms with Gasteiger partial charge in [0.1, 0.15) is 17.4 Å². The Balaban J connectivity index is 1.97. The molecule has 0 aliphatic carbocycles. The van der Waals surface area contributed by atoms with Gasteiger partial charge in [0, 0.05) is 11.1 Å². The summed E-state index contributed by atoms with van der Waals surface area (Å²) in [7, 11) is 0. The van der Waals surface area contributed by atoms with E-state index in [9.17, 15) is 5.26 Å². The second-order valence-corrected chi connectivity index (χ2v) is 7.77. The third kappa shape index (κ3) is 3.29. The zero-order valence-electron chi connectivity index (χ0n) is 17.5. The van der Waals surface area contributed by atoms with E-state index < -0.39 is 5.92 Å². The van der Waals surface area contributed by atoms with Gasteiger partial charge in [-0.3, -0.25) is 5.10 Å². The Morgan fingerprint density at radius 1 is 1.20 bits per heavy atom. The molecule has 1 aliphatic heterocycles. The average Bonchev–Trinajstić information content (AvgIpc) is 3.10. The number of allylic oxidation sites excluding steroid dienone is 1. The molecule has 1 aromatic heterocycles. The largest absolute Gasteiger partial charge is 0.491 e. The molecule has 0 fully saturated rings. The fourth-order valence-corrected chi connectivity index (χ4v) is 3.94. The molecular formula is C24H24N4O2. The number of rotatable bonds is 4. The average molecular weight is 400 g/mol. The zero-order valence-corrected chi connectivity index (χ0v) is 17.5. The first kappa shape index (κ1) is 19.6. The van der Waals surface area contributed by atoms with Crippen molar-refractivity contribution >= 4 is 0 Å². The Kier molecular flexibility index (Phi) is 4.96. The number of H-pyrrole nitrogens is 1. The van der Waals surface area contributed by atoms with Gasteiger partial charge in [0.2, 0.25) is 11.8 Å². The number of aromatic amines is 1. The molecule has 3 aromatic rings. The van der Waals surface area contributed by atoms with E-state index in [0.29, 0.717) is 17.2 Å². The van der Waals surface area contributed by atoms with Gasteiger partial charge in [-0.15, -0.1) is 5.10 Å². The van der Waals surface area contributed by atoms with Crippen molar-refractivity contribution in [2.45, 2.75) is 39.7 Å². The van der Waals surface area contributed by atoms with Crippen LogP contribution in [0.15, 0.2) is 53.9 Å². The lowest BCUT2D eigenvalue weighted by atomic mass is 9.82. The second kappa shape index (κ2) is 7.60. The van der Waals surface area contributed by atoms with Crippen LogP contribution < -0.4 is 15.2 Å². The van der Waals surface area contributed by atoms with Crippen LogP contribution in [0.1, 0.15) is 42.0 Å². The van der Waals surface area contributed by atoms with Gasteiger partial charge in [0.25, 0.3) is 0 Å². The van der Waals surface area contributed by atoms with Crippen molar-refractivity contribution in [2.24, 2.45) is 5.73 Å². The topological polar surface area (TPSA) is 97.0 Å². The Morgan fingerprint density at radius 2 is 1.97 bits per heavy atom. The monoisotopic (exact) mass is 400 g/mol. The van der Waals surface area contributed by atoms with Gasteiger partial charge in [-0.1, -0.05) is 42.0 Å². The maximum atomic E-state index is 9.94. The van der Waals surface area contributed by atoms with Crippen LogP contribution in [0.5, 0.6) is 11.6 Å². The van der Waals surface area contributed by atoms with Gasteiger partial charge < -0.3 is 15.2 Å². The number of ether oxygens (including phenoxy) is 2. The van der Waals surface area contributed by atoms with Crippen LogP contribution >= 0.6 is 0 Å². The zero-order chi connectivity index (χ0) is 21.4. The highest BCUT2D eigenvalue weighted by molar-refractivity contribution is 5.74. The van der Waals surface area contributed by atoms with E-state index in [4.69, 9.17) is 15.2 Å². The maximum Gasteiger partial charge on any atom is 0.244 e. The molecule has 1 aliphatic rings. The molecule has 2 heterocycles. The molecule has 0 unspecified atom stereocenters. The molecular weight excluding hydrogens is 376 g/mol. The first-order valence-corrected chi connectivity index (χ1v) is 9.89. The Hall–Kier alpha value is -3.72. The number of benzene rings is 2. The highest BCUT2D eigenvalue weighted by Crippen LogP contribution is 2.48. The summed E-state index contributed by atoms with van der Waals surface area (Å²) >= 11 is 0. The molecule has 2 aromatic carbocycles. The molecule has 30 heavy (non-hydrogen) atoms. The van der Waals surface area contributed by atoms with Crippen molar-refractivity contribution in [1.29, 1.82) is 5.26 Å². The van der Waals surface area contributed by atoms with E-state index in [2.05, 4.69) is 48.3 Å². The number of nitrogens with two attached hydrogens (primary N) is 1. The van der Waals surface area contributed by atoms with Crippen LogP contribution in [-0.4, -0.2) is 16.3 Å². The molecule has 1 atom stereocenters. The number of nitrogens with zero attached hydrogens (tertiary/aromatic N) is 2. The van der Waals surface area contributed by atoms with Crippen molar-refractivity contribution in [3.05, 3.63) is 76.2 Å². The first-order chi connectivity index (χ1) is 14.4. The van der Waals surface area contributed by atoms with Crippen LogP contribution in [-0.2, 0) is 0 Å². The molecule has 0 radical (unpaired) electrons. The number of aryl methyl sites for hydroxylation is 2. The Morgan fingerprint density at radius 3 is 2.67 bits per heavy atom. The number of hydrogen-bond donors (Lipinski definition) is 2. The lowest BCUT2D eigenvalue weighted by Crippen LogP contribution is -2.21. The van der Waals surface area contributed by atoms with Gasteiger partial charge >= 0.3 is 0 Å². The molecule has 0 amide bonds. The number of fused-ring (bicyclic) bond motifs is 1. The van der Waals surface area contributed by atoms with E-state index in [1.807, 2.05) is 38.1 Å². The van der Waals surface area contributed by atoms with E-state index in [1.54, 1.807) is 0 Å². The van der Waals surface area contributed by atoms with Crippen LogP contribution in [0, 0.1) is 25.2 Å². The van der Waals surface area contributed by atoms with Crippen molar-refractivity contribution < 1.29 is 9.47 Å². The Labute approximate surface area is 175 Å². The molecule has 6 heteroatoms. The lowest BCUT2D eigenvalue weighted by molar-refractivity contribution is 0.239. The van der Waals surface area contributed by atoms with E-state index in [-0.39, 0.29) is 12.0 Å². The SMILES string of the molecule is Cc1ccc(-c2[nH]nc3c2[C@H](c2ccccc2OC(C)C)C(C#N)=C(N)O3)c(C)c1. The summed E-state index contributed by atoms with van der Waals surface area (Å²) < 4.78 is 11.8. The minimum absolute atomic E-state index is 0.0134. The molecule has 152 valence electrons. The molecule has 6 nitrogen and oxygen atoms in total. The fourth-order valence-electron chi connectivity index (χ4n) is 3.94. The third-order valence-electron chi connectivity index (χ3n) is 5.18. The number of aromatic nitrogens is 2. The highest BCUT2D eigenvalue weighted by atomic mass is 16.5. The quantitative estimate of drug-likeness (QED) is 0.662. The fraction of sp³-hybridized carbons (Fsp3) is 0.250. The molecule has 0 saturated carbocycles. The lowest BCUT2D eigenvalue weighted by Gasteiger charge is -2.26. The van der Waals surface area contributed by atoms with Crippen LogP contribution in [0.4, 0.5) is 0 Å². The van der Waals surface area contributed by atoms with Crippen LogP contribution in [0.3, 0.4) is 0 Å². The Bertz CT molecular complexity index is 1180. The van der Waals surface area contributed by atoms with Gasteiger partial charge in [-0.2, -0.15) is 5.26 Å². The minimum atomic E-state index is -0.455. The van der Waals surface area contributed by atoms with Crippen molar-refractivity contribution in [2.75, 3.05) is 0 Å². The summed E-state index contributed by atoms with van der Waals surface area (Å²) in [6, 6.07) is 16.2. The van der Waals surface area contributed by atoms with Gasteiger partial charge in [-0.25, -0.2) is 0 Å². The van der Waals surface area contributed by atoms with Crippen LogP contribution in [0.25, 0.3) is 11.3 Å². The molecule has 0 bridgehead atoms. The number of para-hydroxylation sites is 1. The minimum Gasteiger partial charge on any atom is -0.491 e. The molecule has 3 N–H and O–H groups in total. The van der Waals surface area contributed by atoms with Gasteiger partial charge in [0.15, 0.2) is 0 Å². The standard InChI is InChI=1S/C24H24N4O2/c1-13(2)29-19-8-6-5-7-17(19)20-18(12-25)23(26)30-24-21(20)22(27-28-24)16-10-9-14(3)11-15(16)4/h5-11,13,20H,26H2,1-4H3,(H,27,28)/t20-/m1/s1. The highest BCUT2D eigenvalue weighted by Gasteiger charge is 2.37. The summed E-state index contributed by atoms with van der Waals surface area (Å²) in [6.45, 7) is 8.06. The van der Waals surface area contributed by atoms with E-state index in [0.717, 1.165) is 27.9 Å².